The number of rotatable bonds is 9. The molecule has 0 aliphatic carbocycles. The van der Waals surface area contributed by atoms with E-state index in [1.54, 1.807) is 31.0 Å². The van der Waals surface area contributed by atoms with Gasteiger partial charge >= 0.3 is 5.97 Å². The highest BCUT2D eigenvalue weighted by molar-refractivity contribution is 7.80. The van der Waals surface area contributed by atoms with Gasteiger partial charge in [-0.1, -0.05) is 17.7 Å². The average molecular weight is 572 g/mol. The second-order valence-electron chi connectivity index (χ2n) is 8.31. The van der Waals surface area contributed by atoms with Crippen molar-refractivity contribution in [2.24, 2.45) is 0 Å². The van der Waals surface area contributed by atoms with Crippen molar-refractivity contribution in [3.63, 3.8) is 0 Å². The quantitative estimate of drug-likeness (QED) is 0.233. The fraction of sp³-hybridized carbons (Fsp3) is 0.440. The first-order valence-corrected chi connectivity index (χ1v) is 12.6. The molecule has 2 aromatic carbocycles. The molecule has 0 fully saturated rings. The van der Waals surface area contributed by atoms with E-state index in [0.717, 1.165) is 5.56 Å². The maximum atomic E-state index is 12.9. The summed E-state index contributed by atoms with van der Waals surface area (Å²) in [5.74, 6) is 1.53. The number of esters is 1. The van der Waals surface area contributed by atoms with Gasteiger partial charge in [0.15, 0.2) is 28.6 Å². The van der Waals surface area contributed by atoms with Gasteiger partial charge in [-0.3, -0.25) is 0 Å². The highest BCUT2D eigenvalue weighted by Crippen LogP contribution is 2.54. The number of methoxy groups -OCH3 is 3. The molecule has 0 N–H and O–H groups in total. The zero-order valence-corrected chi connectivity index (χ0v) is 23.3. The number of nitrogens with zero attached hydrogens (tertiary/aromatic N) is 1. The third kappa shape index (κ3) is 5.15. The van der Waals surface area contributed by atoms with Crippen LogP contribution in [0.5, 0.6) is 28.7 Å². The molecule has 3 atom stereocenters. The van der Waals surface area contributed by atoms with E-state index in [1.807, 2.05) is 6.07 Å². The van der Waals surface area contributed by atoms with Crippen molar-refractivity contribution >= 4 is 46.6 Å². The van der Waals surface area contributed by atoms with E-state index in [-0.39, 0.29) is 23.3 Å². The van der Waals surface area contributed by atoms with Crippen LogP contribution in [0.1, 0.15) is 45.5 Å². The summed E-state index contributed by atoms with van der Waals surface area (Å²) in [6.07, 6.45) is -0.335. The molecular weight excluding hydrogens is 545 g/mol. The van der Waals surface area contributed by atoms with Crippen molar-refractivity contribution in [1.29, 1.82) is 0 Å². The molecule has 0 saturated heterocycles. The molecule has 2 aromatic rings. The predicted octanol–water partition coefficient (Wildman–Crippen LogP) is 4.99. The van der Waals surface area contributed by atoms with Crippen LogP contribution < -0.4 is 23.7 Å². The molecular formula is C25H27Cl2NO8S. The van der Waals surface area contributed by atoms with Gasteiger partial charge in [0.1, 0.15) is 17.0 Å². The summed E-state index contributed by atoms with van der Waals surface area (Å²) in [7, 11) is 6.29. The van der Waals surface area contributed by atoms with Crippen molar-refractivity contribution in [2.45, 2.75) is 30.4 Å². The number of carbonyl (C=O) groups is 1. The Balaban J connectivity index is 1.74. The average Bonchev–Trinajstić information content (AvgIpc) is 3.48. The van der Waals surface area contributed by atoms with Crippen LogP contribution in [0.15, 0.2) is 18.2 Å². The Bertz CT molecular complexity index is 1210. The first kappa shape index (κ1) is 27.2. The molecule has 0 spiro atoms. The number of carbonyl (C=O) groups excluding carboxylic acids is 1. The predicted molar refractivity (Wildman–Crippen MR) is 141 cm³/mol. The van der Waals surface area contributed by atoms with Crippen LogP contribution in [0, 0.1) is 0 Å². The summed E-state index contributed by atoms with van der Waals surface area (Å²) in [6, 6.07) is 5.31. The number of hydrogen-bond donors (Lipinski definition) is 0. The lowest BCUT2D eigenvalue weighted by Crippen LogP contribution is -2.30. The van der Waals surface area contributed by atoms with Gasteiger partial charge in [0.2, 0.25) is 12.5 Å². The third-order valence-corrected chi connectivity index (χ3v) is 7.05. The van der Waals surface area contributed by atoms with Crippen LogP contribution in [0.4, 0.5) is 0 Å². The Morgan fingerprint density at radius 1 is 1.16 bits per heavy atom. The summed E-state index contributed by atoms with van der Waals surface area (Å²) >= 11 is 18.3. The summed E-state index contributed by atoms with van der Waals surface area (Å²) in [6.45, 7) is 2.21. The molecule has 9 nitrogen and oxygen atoms in total. The maximum Gasteiger partial charge on any atom is 0.343 e. The molecule has 2 aliphatic rings. The molecule has 2 heterocycles. The van der Waals surface area contributed by atoms with Gasteiger partial charge in [0.25, 0.3) is 5.17 Å². The van der Waals surface area contributed by atoms with E-state index in [4.69, 9.17) is 68.6 Å². The van der Waals surface area contributed by atoms with Crippen molar-refractivity contribution in [1.82, 2.24) is 4.90 Å². The lowest BCUT2D eigenvalue weighted by atomic mass is 9.92. The fourth-order valence-electron chi connectivity index (χ4n) is 4.39. The number of ether oxygens (including phenoxy) is 7. The normalized spacial score (nSPS) is 16.9. The van der Waals surface area contributed by atoms with Crippen molar-refractivity contribution < 1.29 is 38.0 Å². The number of halogens is 2. The second kappa shape index (κ2) is 11.3. The van der Waals surface area contributed by atoms with Crippen LogP contribution in [-0.2, 0) is 15.9 Å². The van der Waals surface area contributed by atoms with E-state index in [2.05, 4.69) is 0 Å². The minimum atomic E-state index is -0.834. The number of hydrogen-bond acceptors (Lipinski definition) is 9. The SMILES string of the molecule is COc1ccc2c(c1OC)C(=O)O[C@@H]2[C@H](Cl)c1c(CCN(C)C(=S)OC(C)Cl)cc2c(c1OC)OCO2. The fourth-order valence-corrected chi connectivity index (χ4v) is 5.19. The third-order valence-electron chi connectivity index (χ3n) is 6.10. The molecule has 0 aromatic heterocycles. The molecule has 0 radical (unpaired) electrons. The Kier molecular flexibility index (Phi) is 8.30. The van der Waals surface area contributed by atoms with Crippen LogP contribution in [0.25, 0.3) is 0 Å². The molecule has 200 valence electrons. The monoisotopic (exact) mass is 571 g/mol. The highest BCUT2D eigenvalue weighted by atomic mass is 35.5. The van der Waals surface area contributed by atoms with Crippen LogP contribution >= 0.6 is 35.4 Å². The highest BCUT2D eigenvalue weighted by Gasteiger charge is 2.42. The lowest BCUT2D eigenvalue weighted by molar-refractivity contribution is 0.0372. The number of likely N-dealkylation sites (N-methyl/N-ethyl adjacent to an activating group) is 1. The van der Waals surface area contributed by atoms with Crippen molar-refractivity contribution in [3.05, 3.63) is 40.5 Å². The Hall–Kier alpha value is -2.82. The minimum Gasteiger partial charge on any atom is -0.493 e. The van der Waals surface area contributed by atoms with Crippen molar-refractivity contribution in [2.75, 3.05) is 41.7 Å². The lowest BCUT2D eigenvalue weighted by Gasteiger charge is -2.25. The number of fused-ring (bicyclic) bond motifs is 2. The Morgan fingerprint density at radius 3 is 2.54 bits per heavy atom. The topological polar surface area (TPSA) is 84.9 Å². The van der Waals surface area contributed by atoms with Crippen LogP contribution in [0.3, 0.4) is 0 Å². The molecule has 12 heteroatoms. The smallest absolute Gasteiger partial charge is 0.343 e. The molecule has 2 aliphatic heterocycles. The molecule has 0 bridgehead atoms. The van der Waals surface area contributed by atoms with E-state index in [1.165, 1.54) is 21.3 Å². The molecule has 0 saturated carbocycles. The zero-order chi connectivity index (χ0) is 26.9. The van der Waals surface area contributed by atoms with E-state index < -0.39 is 23.0 Å². The van der Waals surface area contributed by atoms with E-state index in [0.29, 0.717) is 47.1 Å². The van der Waals surface area contributed by atoms with Gasteiger partial charge in [-0.05, 0) is 43.3 Å². The summed E-state index contributed by atoms with van der Waals surface area (Å²) < 4.78 is 39.1. The van der Waals surface area contributed by atoms with Crippen LogP contribution in [-0.4, -0.2) is 63.3 Å². The van der Waals surface area contributed by atoms with E-state index >= 15 is 0 Å². The van der Waals surface area contributed by atoms with Gasteiger partial charge < -0.3 is 38.1 Å². The summed E-state index contributed by atoms with van der Waals surface area (Å²) in [5.41, 5.74) is 1.71. The standard InChI is InChI=1S/C25H27Cl2NO8S/c1-12(26)35-25(37)28(2)9-8-13-10-16-22(34-11-33-16)23(32-5)17(13)19(27)20-14-6-7-15(30-3)21(31-4)18(14)24(29)36-20/h6-7,10,12,19-20H,8-9,11H2,1-5H3/t12?,19-,20+/m1/s1. The summed E-state index contributed by atoms with van der Waals surface area (Å²) in [5, 5.41) is -0.571. The van der Waals surface area contributed by atoms with Gasteiger partial charge in [0.05, 0.1) is 21.3 Å². The Labute approximate surface area is 230 Å². The largest absolute Gasteiger partial charge is 0.493 e. The number of thiocarbonyl (C=S) groups is 1. The maximum absolute atomic E-state index is 12.9. The van der Waals surface area contributed by atoms with Gasteiger partial charge in [0, 0.05) is 24.7 Å². The van der Waals surface area contributed by atoms with Gasteiger partial charge in [-0.25, -0.2) is 4.79 Å². The van der Waals surface area contributed by atoms with Gasteiger partial charge in [-0.15, -0.1) is 11.6 Å². The van der Waals surface area contributed by atoms with Gasteiger partial charge in [-0.2, -0.15) is 0 Å². The second-order valence-corrected chi connectivity index (χ2v) is 9.74. The Morgan fingerprint density at radius 2 is 1.89 bits per heavy atom. The number of cyclic esters (lactones) is 1. The molecule has 1 unspecified atom stereocenters. The van der Waals surface area contributed by atoms with Crippen LogP contribution in [0.2, 0.25) is 0 Å². The number of alkyl halides is 2. The molecule has 37 heavy (non-hydrogen) atoms. The molecule has 4 rings (SSSR count). The van der Waals surface area contributed by atoms with Crippen molar-refractivity contribution in [3.8, 4) is 28.7 Å². The number of benzene rings is 2. The first-order valence-electron chi connectivity index (χ1n) is 11.4. The first-order chi connectivity index (χ1) is 17.7. The minimum absolute atomic E-state index is 0.0468. The zero-order valence-electron chi connectivity index (χ0n) is 21.0. The summed E-state index contributed by atoms with van der Waals surface area (Å²) in [4.78, 5) is 14.7. The molecule has 0 amide bonds. The van der Waals surface area contributed by atoms with E-state index in [9.17, 15) is 4.79 Å².